The van der Waals surface area contributed by atoms with Crippen molar-refractivity contribution in [1.29, 1.82) is 0 Å². The second-order valence-corrected chi connectivity index (χ2v) is 5.56. The van der Waals surface area contributed by atoms with Crippen molar-refractivity contribution in [1.82, 2.24) is 4.90 Å². The van der Waals surface area contributed by atoms with E-state index in [9.17, 15) is 4.79 Å². The molecule has 1 N–H and O–H groups in total. The molecule has 1 heterocycles. The maximum atomic E-state index is 12.2. The minimum atomic E-state index is -0.189. The summed E-state index contributed by atoms with van der Waals surface area (Å²) in [5.41, 5.74) is 0.519. The maximum Gasteiger partial charge on any atom is 0.322 e. The lowest BCUT2D eigenvalue weighted by Gasteiger charge is -2.35. The number of nitrogens with zero attached hydrogens (tertiary/aromatic N) is 1. The predicted octanol–water partition coefficient (Wildman–Crippen LogP) is 3.63. The molecular formula is C13H16Cl2N2O2. The molecule has 2 atom stereocenters. The third kappa shape index (κ3) is 3.75. The van der Waals surface area contributed by atoms with Gasteiger partial charge in [0, 0.05) is 18.1 Å². The summed E-state index contributed by atoms with van der Waals surface area (Å²) in [4.78, 5) is 13.9. The molecule has 1 aliphatic heterocycles. The molecule has 0 bridgehead atoms. The minimum Gasteiger partial charge on any atom is -0.372 e. The van der Waals surface area contributed by atoms with Crippen LogP contribution in [0.25, 0.3) is 0 Å². The van der Waals surface area contributed by atoms with Gasteiger partial charge in [0.2, 0.25) is 0 Å². The Hall–Kier alpha value is -0.970. The molecule has 1 aromatic carbocycles. The first-order chi connectivity index (χ1) is 8.95. The molecule has 0 saturated carbocycles. The molecule has 0 radical (unpaired) electrons. The van der Waals surface area contributed by atoms with Crippen molar-refractivity contribution in [3.05, 3.63) is 28.2 Å². The van der Waals surface area contributed by atoms with Gasteiger partial charge >= 0.3 is 6.03 Å². The molecule has 2 rings (SSSR count). The molecule has 4 nitrogen and oxygen atoms in total. The number of carbonyl (C=O) groups is 1. The van der Waals surface area contributed by atoms with Crippen molar-refractivity contribution < 1.29 is 9.53 Å². The fourth-order valence-corrected chi connectivity index (χ4v) is 2.47. The molecule has 0 spiro atoms. The number of amides is 2. The number of halogens is 2. The van der Waals surface area contributed by atoms with Gasteiger partial charge in [-0.05, 0) is 32.0 Å². The summed E-state index contributed by atoms with van der Waals surface area (Å²) in [5, 5.41) is 3.77. The van der Waals surface area contributed by atoms with Crippen LogP contribution >= 0.6 is 23.2 Å². The Balaban J connectivity index is 2.06. The Labute approximate surface area is 122 Å². The van der Waals surface area contributed by atoms with Crippen molar-refractivity contribution in [3.63, 3.8) is 0 Å². The lowest BCUT2D eigenvalue weighted by Crippen LogP contribution is -2.49. The van der Waals surface area contributed by atoms with Gasteiger partial charge in [-0.15, -0.1) is 0 Å². The number of hydrogen-bond acceptors (Lipinski definition) is 2. The van der Waals surface area contributed by atoms with Crippen molar-refractivity contribution in [2.75, 3.05) is 18.4 Å². The van der Waals surface area contributed by atoms with Crippen LogP contribution in [-0.4, -0.2) is 36.2 Å². The summed E-state index contributed by atoms with van der Waals surface area (Å²) in [6.07, 6.45) is 0.0636. The van der Waals surface area contributed by atoms with Crippen molar-refractivity contribution in [2.24, 2.45) is 0 Å². The first kappa shape index (κ1) is 14.4. The third-order valence-corrected chi connectivity index (χ3v) is 3.44. The zero-order chi connectivity index (χ0) is 14.0. The number of rotatable bonds is 1. The van der Waals surface area contributed by atoms with Crippen LogP contribution in [0.1, 0.15) is 13.8 Å². The Kier molecular flexibility index (Phi) is 4.55. The molecule has 0 aliphatic carbocycles. The average Bonchev–Trinajstić information content (AvgIpc) is 2.32. The van der Waals surface area contributed by atoms with Crippen LogP contribution in [0.15, 0.2) is 18.2 Å². The van der Waals surface area contributed by atoms with Gasteiger partial charge in [-0.2, -0.15) is 0 Å². The molecule has 6 heteroatoms. The van der Waals surface area contributed by atoms with Gasteiger partial charge < -0.3 is 15.0 Å². The largest absolute Gasteiger partial charge is 0.372 e. The minimum absolute atomic E-state index is 0.0318. The van der Waals surface area contributed by atoms with Gasteiger partial charge in [0.25, 0.3) is 0 Å². The number of carbonyl (C=O) groups excluding carboxylic acids is 1. The van der Waals surface area contributed by atoms with E-state index in [4.69, 9.17) is 27.9 Å². The van der Waals surface area contributed by atoms with Crippen LogP contribution < -0.4 is 5.32 Å². The quantitative estimate of drug-likeness (QED) is 0.860. The molecule has 104 valence electrons. The number of ether oxygens (including phenoxy) is 1. The molecule has 1 aliphatic rings. The molecule has 0 unspecified atom stereocenters. The number of hydrogen-bond donors (Lipinski definition) is 1. The zero-order valence-electron chi connectivity index (χ0n) is 10.8. The van der Waals surface area contributed by atoms with E-state index in [0.29, 0.717) is 28.8 Å². The first-order valence-corrected chi connectivity index (χ1v) is 6.87. The summed E-state index contributed by atoms with van der Waals surface area (Å²) < 4.78 is 5.59. The van der Waals surface area contributed by atoms with Gasteiger partial charge in [-0.3, -0.25) is 0 Å². The van der Waals surface area contributed by atoms with Crippen LogP contribution in [0, 0.1) is 0 Å². The summed E-state index contributed by atoms with van der Waals surface area (Å²) in [6.45, 7) is 5.02. The van der Waals surface area contributed by atoms with E-state index in [1.54, 1.807) is 23.1 Å². The number of nitrogens with one attached hydrogen (secondary N) is 1. The van der Waals surface area contributed by atoms with Gasteiger partial charge in [0.15, 0.2) is 0 Å². The van der Waals surface area contributed by atoms with Crippen molar-refractivity contribution in [2.45, 2.75) is 26.1 Å². The van der Waals surface area contributed by atoms with E-state index in [1.807, 2.05) is 13.8 Å². The normalized spacial score (nSPS) is 23.3. The highest BCUT2D eigenvalue weighted by molar-refractivity contribution is 6.35. The van der Waals surface area contributed by atoms with E-state index in [0.717, 1.165) is 0 Å². The fraction of sp³-hybridized carbons (Fsp3) is 0.462. The summed E-state index contributed by atoms with van der Waals surface area (Å²) in [5.74, 6) is 0. The van der Waals surface area contributed by atoms with E-state index >= 15 is 0 Å². The molecule has 2 amide bonds. The second-order valence-electron chi connectivity index (χ2n) is 4.72. The van der Waals surface area contributed by atoms with E-state index in [-0.39, 0.29) is 18.2 Å². The topological polar surface area (TPSA) is 41.6 Å². The lowest BCUT2D eigenvalue weighted by atomic mass is 10.2. The van der Waals surface area contributed by atoms with Crippen LogP contribution in [-0.2, 0) is 4.74 Å². The molecule has 1 saturated heterocycles. The van der Waals surface area contributed by atoms with Crippen molar-refractivity contribution >= 4 is 34.9 Å². The first-order valence-electron chi connectivity index (χ1n) is 6.12. The molecule has 1 aromatic rings. The lowest BCUT2D eigenvalue weighted by molar-refractivity contribution is -0.0530. The number of morpholine rings is 1. The highest BCUT2D eigenvalue weighted by Gasteiger charge is 2.26. The number of benzene rings is 1. The highest BCUT2D eigenvalue weighted by atomic mass is 35.5. The van der Waals surface area contributed by atoms with Crippen LogP contribution in [0.2, 0.25) is 10.0 Å². The van der Waals surface area contributed by atoms with Gasteiger partial charge in [0.1, 0.15) is 0 Å². The highest BCUT2D eigenvalue weighted by Crippen LogP contribution is 2.26. The maximum absolute atomic E-state index is 12.2. The monoisotopic (exact) mass is 302 g/mol. The predicted molar refractivity (Wildman–Crippen MR) is 77.1 cm³/mol. The summed E-state index contributed by atoms with van der Waals surface area (Å²) >= 11 is 11.9. The summed E-state index contributed by atoms with van der Waals surface area (Å²) in [6, 6.07) is 4.78. The van der Waals surface area contributed by atoms with Crippen LogP contribution in [0.5, 0.6) is 0 Å². The van der Waals surface area contributed by atoms with Crippen LogP contribution in [0.3, 0.4) is 0 Å². The summed E-state index contributed by atoms with van der Waals surface area (Å²) in [7, 11) is 0. The molecule has 1 fully saturated rings. The Morgan fingerprint density at radius 3 is 2.58 bits per heavy atom. The van der Waals surface area contributed by atoms with Gasteiger partial charge in [0.05, 0.1) is 22.9 Å². The van der Waals surface area contributed by atoms with Gasteiger partial charge in [-0.25, -0.2) is 4.79 Å². The third-order valence-electron chi connectivity index (χ3n) is 2.88. The van der Waals surface area contributed by atoms with Crippen LogP contribution in [0.4, 0.5) is 10.5 Å². The molecular weight excluding hydrogens is 287 g/mol. The SMILES string of the molecule is C[C@@H]1CN(C(=O)Nc2cc(Cl)ccc2Cl)C[C@H](C)O1. The smallest absolute Gasteiger partial charge is 0.322 e. The zero-order valence-corrected chi connectivity index (χ0v) is 12.3. The Morgan fingerprint density at radius 1 is 1.32 bits per heavy atom. The number of anilines is 1. The van der Waals surface area contributed by atoms with E-state index in [2.05, 4.69) is 5.32 Å². The second kappa shape index (κ2) is 5.99. The van der Waals surface area contributed by atoms with E-state index < -0.39 is 0 Å². The Morgan fingerprint density at radius 2 is 1.95 bits per heavy atom. The van der Waals surface area contributed by atoms with Gasteiger partial charge in [-0.1, -0.05) is 23.2 Å². The number of urea groups is 1. The Bertz CT molecular complexity index is 472. The molecule has 0 aromatic heterocycles. The average molecular weight is 303 g/mol. The fourth-order valence-electron chi connectivity index (χ4n) is 2.13. The standard InChI is InChI=1S/C13H16Cl2N2O2/c1-8-6-17(7-9(2)19-8)13(18)16-12-5-10(14)3-4-11(12)15/h3-5,8-9H,6-7H2,1-2H3,(H,16,18)/t8-,9+. The van der Waals surface area contributed by atoms with E-state index in [1.165, 1.54) is 0 Å². The van der Waals surface area contributed by atoms with Crippen molar-refractivity contribution in [3.8, 4) is 0 Å². The molecule has 19 heavy (non-hydrogen) atoms.